The Morgan fingerprint density at radius 3 is 2.74 bits per heavy atom. The van der Waals surface area contributed by atoms with E-state index in [1.807, 2.05) is 24.3 Å². The summed E-state index contributed by atoms with van der Waals surface area (Å²) in [5, 5.41) is 3.17. The van der Waals surface area contributed by atoms with Gasteiger partial charge in [0, 0.05) is 12.5 Å². The van der Waals surface area contributed by atoms with Crippen molar-refractivity contribution in [1.29, 1.82) is 0 Å². The van der Waals surface area contributed by atoms with Gasteiger partial charge in [0.05, 0.1) is 12.0 Å². The van der Waals surface area contributed by atoms with Crippen molar-refractivity contribution in [3.63, 3.8) is 0 Å². The smallest absolute Gasteiger partial charge is 0.230 e. The summed E-state index contributed by atoms with van der Waals surface area (Å²) in [5.41, 5.74) is 1.40. The normalized spacial score (nSPS) is 21.0. The zero-order valence-electron chi connectivity index (χ0n) is 15.5. The minimum atomic E-state index is -0.603. The second-order valence-corrected chi connectivity index (χ2v) is 7.85. The Balaban J connectivity index is 1.47. The number of carbonyl (C=O) groups is 1. The number of amides is 1. The molecular weight excluding hydrogens is 341 g/mol. The van der Waals surface area contributed by atoms with Crippen molar-refractivity contribution < 1.29 is 13.9 Å². The highest BCUT2D eigenvalue weighted by Crippen LogP contribution is 2.40. The number of rotatable bonds is 4. The molecule has 4 rings (SSSR count). The van der Waals surface area contributed by atoms with Gasteiger partial charge < -0.3 is 10.1 Å². The van der Waals surface area contributed by atoms with Gasteiger partial charge in [-0.2, -0.15) is 0 Å². The van der Waals surface area contributed by atoms with Gasteiger partial charge in [-0.25, -0.2) is 4.39 Å². The molecule has 0 saturated heterocycles. The average Bonchev–Trinajstić information content (AvgIpc) is 2.72. The summed E-state index contributed by atoms with van der Waals surface area (Å²) in [4.78, 5) is 13.2. The Morgan fingerprint density at radius 2 is 1.93 bits per heavy atom. The lowest BCUT2D eigenvalue weighted by molar-refractivity contribution is -0.128. The molecule has 3 nitrogen and oxygen atoms in total. The van der Waals surface area contributed by atoms with Crippen LogP contribution in [0.2, 0.25) is 0 Å². The van der Waals surface area contributed by atoms with Crippen molar-refractivity contribution in [3.05, 3.63) is 65.5 Å². The number of benzene rings is 2. The van der Waals surface area contributed by atoms with E-state index in [9.17, 15) is 9.18 Å². The number of fused-ring (bicyclic) bond motifs is 1. The highest BCUT2D eigenvalue weighted by molar-refractivity contribution is 5.88. The van der Waals surface area contributed by atoms with Gasteiger partial charge in [-0.05, 0) is 48.6 Å². The lowest BCUT2D eigenvalue weighted by Crippen LogP contribution is -2.48. The molecule has 1 aliphatic carbocycles. The third kappa shape index (κ3) is 3.71. The predicted octanol–water partition coefficient (Wildman–Crippen LogP) is 4.40. The summed E-state index contributed by atoms with van der Waals surface area (Å²) in [5.74, 6) is 0.967. The van der Waals surface area contributed by atoms with Gasteiger partial charge in [-0.3, -0.25) is 4.79 Å². The highest BCUT2D eigenvalue weighted by Gasteiger charge is 2.41. The third-order valence-electron chi connectivity index (χ3n) is 6.03. The summed E-state index contributed by atoms with van der Waals surface area (Å²) >= 11 is 0. The molecule has 27 heavy (non-hydrogen) atoms. The summed E-state index contributed by atoms with van der Waals surface area (Å²) in [6.45, 7) is 1.20. The third-order valence-corrected chi connectivity index (χ3v) is 6.03. The number of halogens is 1. The summed E-state index contributed by atoms with van der Waals surface area (Å²) in [6.07, 6.45) is 5.62. The molecule has 1 saturated carbocycles. The van der Waals surface area contributed by atoms with Crippen molar-refractivity contribution in [2.24, 2.45) is 5.92 Å². The number of para-hydroxylation sites is 1. The fourth-order valence-electron chi connectivity index (χ4n) is 4.52. The van der Waals surface area contributed by atoms with E-state index in [4.69, 9.17) is 4.74 Å². The molecule has 1 aliphatic heterocycles. The molecule has 4 heteroatoms. The van der Waals surface area contributed by atoms with E-state index in [1.165, 1.54) is 17.7 Å². The first-order valence-corrected chi connectivity index (χ1v) is 9.92. The summed E-state index contributed by atoms with van der Waals surface area (Å²) in [6, 6.07) is 14.6. The standard InChI is InChI=1S/C23H26FNO2/c24-20-9-6-8-19(14-20)23(11-4-1-5-12-23)22(26)25-15-17-13-18-7-2-3-10-21(18)27-16-17/h2-3,6-10,14,17H,1,4-5,11-13,15-16H2,(H,25,26). The summed E-state index contributed by atoms with van der Waals surface area (Å²) < 4.78 is 19.7. The van der Waals surface area contributed by atoms with Crippen molar-refractivity contribution in [2.45, 2.75) is 43.9 Å². The molecule has 2 aromatic carbocycles. The molecule has 1 N–H and O–H groups in total. The van der Waals surface area contributed by atoms with Gasteiger partial charge in [-0.1, -0.05) is 49.6 Å². The Labute approximate surface area is 159 Å². The average molecular weight is 367 g/mol. The first-order chi connectivity index (χ1) is 13.2. The summed E-state index contributed by atoms with van der Waals surface area (Å²) in [7, 11) is 0. The van der Waals surface area contributed by atoms with E-state index in [1.54, 1.807) is 6.07 Å². The first kappa shape index (κ1) is 18.0. The highest BCUT2D eigenvalue weighted by atomic mass is 19.1. The van der Waals surface area contributed by atoms with Crippen molar-refractivity contribution in [3.8, 4) is 5.75 Å². The molecule has 0 bridgehead atoms. The van der Waals surface area contributed by atoms with E-state index in [-0.39, 0.29) is 17.6 Å². The fraction of sp³-hybridized carbons (Fsp3) is 0.435. The van der Waals surface area contributed by atoms with E-state index >= 15 is 0 Å². The van der Waals surface area contributed by atoms with E-state index in [2.05, 4.69) is 11.4 Å². The van der Waals surface area contributed by atoms with Crippen molar-refractivity contribution in [1.82, 2.24) is 5.32 Å². The molecule has 1 atom stereocenters. The van der Waals surface area contributed by atoms with Gasteiger partial charge in [-0.15, -0.1) is 0 Å². The quantitative estimate of drug-likeness (QED) is 0.870. The van der Waals surface area contributed by atoms with Crippen LogP contribution >= 0.6 is 0 Å². The van der Waals surface area contributed by atoms with Crippen LogP contribution in [0.15, 0.2) is 48.5 Å². The van der Waals surface area contributed by atoms with Crippen LogP contribution in [0.1, 0.15) is 43.2 Å². The fourth-order valence-corrected chi connectivity index (χ4v) is 4.52. The number of ether oxygens (including phenoxy) is 1. The predicted molar refractivity (Wildman–Crippen MR) is 103 cm³/mol. The van der Waals surface area contributed by atoms with Crippen LogP contribution in [0.3, 0.4) is 0 Å². The molecule has 2 aliphatic rings. The molecule has 0 radical (unpaired) electrons. The van der Waals surface area contributed by atoms with Crippen LogP contribution in [0.25, 0.3) is 0 Å². The maximum Gasteiger partial charge on any atom is 0.230 e. The SMILES string of the molecule is O=C(NCC1COc2ccccc2C1)C1(c2cccc(F)c2)CCCCC1. The van der Waals surface area contributed by atoms with Gasteiger partial charge in [0.1, 0.15) is 11.6 Å². The van der Waals surface area contributed by atoms with E-state index in [0.717, 1.165) is 49.8 Å². The lowest BCUT2D eigenvalue weighted by atomic mass is 9.68. The topological polar surface area (TPSA) is 38.3 Å². The van der Waals surface area contributed by atoms with Crippen LogP contribution in [0.4, 0.5) is 4.39 Å². The minimum Gasteiger partial charge on any atom is -0.493 e. The van der Waals surface area contributed by atoms with Crippen LogP contribution in [-0.2, 0) is 16.6 Å². The minimum absolute atomic E-state index is 0.0339. The van der Waals surface area contributed by atoms with Crippen LogP contribution < -0.4 is 10.1 Å². The maximum atomic E-state index is 13.8. The first-order valence-electron chi connectivity index (χ1n) is 9.92. The van der Waals surface area contributed by atoms with Crippen LogP contribution in [0, 0.1) is 11.7 Å². The number of nitrogens with one attached hydrogen (secondary N) is 1. The van der Waals surface area contributed by atoms with E-state index < -0.39 is 5.41 Å². The molecule has 1 amide bonds. The Hall–Kier alpha value is -2.36. The Kier molecular flexibility index (Phi) is 5.15. The molecule has 1 heterocycles. The second-order valence-electron chi connectivity index (χ2n) is 7.85. The number of carbonyl (C=O) groups excluding carboxylic acids is 1. The maximum absolute atomic E-state index is 13.8. The number of hydrogen-bond acceptors (Lipinski definition) is 2. The second kappa shape index (κ2) is 7.71. The largest absolute Gasteiger partial charge is 0.493 e. The lowest BCUT2D eigenvalue weighted by Gasteiger charge is -2.37. The van der Waals surface area contributed by atoms with Gasteiger partial charge in [0.2, 0.25) is 5.91 Å². The van der Waals surface area contributed by atoms with Crippen molar-refractivity contribution in [2.75, 3.05) is 13.2 Å². The monoisotopic (exact) mass is 367 g/mol. The molecule has 2 aromatic rings. The Bertz CT molecular complexity index is 814. The molecular formula is C23H26FNO2. The Morgan fingerprint density at radius 1 is 1.11 bits per heavy atom. The van der Waals surface area contributed by atoms with Crippen LogP contribution in [-0.4, -0.2) is 19.1 Å². The molecule has 1 fully saturated rings. The van der Waals surface area contributed by atoms with Gasteiger partial charge in [0.25, 0.3) is 0 Å². The van der Waals surface area contributed by atoms with E-state index in [0.29, 0.717) is 13.2 Å². The zero-order valence-corrected chi connectivity index (χ0v) is 15.5. The molecule has 1 unspecified atom stereocenters. The molecule has 0 spiro atoms. The van der Waals surface area contributed by atoms with Crippen LogP contribution in [0.5, 0.6) is 5.75 Å². The van der Waals surface area contributed by atoms with Crippen molar-refractivity contribution >= 4 is 5.91 Å². The zero-order chi connectivity index (χ0) is 18.7. The van der Waals surface area contributed by atoms with Gasteiger partial charge in [0.15, 0.2) is 0 Å². The number of hydrogen-bond donors (Lipinski definition) is 1. The molecule has 142 valence electrons. The van der Waals surface area contributed by atoms with Gasteiger partial charge >= 0.3 is 0 Å². The molecule has 0 aromatic heterocycles.